The van der Waals surface area contributed by atoms with Gasteiger partial charge in [-0.25, -0.2) is 4.79 Å². The molecule has 0 aliphatic heterocycles. The van der Waals surface area contributed by atoms with Crippen LogP contribution in [-0.4, -0.2) is 17.3 Å². The van der Waals surface area contributed by atoms with E-state index in [0.29, 0.717) is 11.4 Å². The molecule has 0 saturated carbocycles. The molecule has 0 saturated heterocycles. The van der Waals surface area contributed by atoms with Crippen LogP contribution in [-0.2, 0) is 0 Å². The van der Waals surface area contributed by atoms with Crippen LogP contribution in [0.15, 0.2) is 76.2 Å². The van der Waals surface area contributed by atoms with E-state index in [1.54, 1.807) is 18.3 Å². The number of carboxylic acids is 1. The Labute approximate surface area is 132 Å². The molecule has 0 unspecified atom stereocenters. The zero-order valence-corrected chi connectivity index (χ0v) is 12.1. The molecular formula is C18H14N2O3. The number of nitrogens with zero attached hydrogens (tertiary/aromatic N) is 1. The van der Waals surface area contributed by atoms with Crippen molar-refractivity contribution in [2.24, 2.45) is 5.10 Å². The first kappa shape index (κ1) is 14.6. The number of carbonyl (C=O) groups is 1. The van der Waals surface area contributed by atoms with Crippen molar-refractivity contribution in [3.8, 4) is 11.3 Å². The van der Waals surface area contributed by atoms with Gasteiger partial charge < -0.3 is 9.52 Å². The Hall–Kier alpha value is -3.34. The molecule has 0 aliphatic carbocycles. The van der Waals surface area contributed by atoms with E-state index in [1.807, 2.05) is 42.5 Å². The molecule has 3 aromatic rings. The molecule has 2 aromatic carbocycles. The number of benzene rings is 2. The van der Waals surface area contributed by atoms with Gasteiger partial charge in [0.2, 0.25) is 0 Å². The highest BCUT2D eigenvalue weighted by Gasteiger charge is 2.03. The van der Waals surface area contributed by atoms with Crippen molar-refractivity contribution in [3.05, 3.63) is 78.1 Å². The molecule has 1 aromatic heterocycles. The lowest BCUT2D eigenvalue weighted by atomic mass is 10.2. The Bertz CT molecular complexity index is 821. The van der Waals surface area contributed by atoms with Crippen molar-refractivity contribution < 1.29 is 14.3 Å². The maximum Gasteiger partial charge on any atom is 0.335 e. The number of anilines is 1. The maximum atomic E-state index is 10.8. The number of aromatic carboxylic acids is 1. The zero-order chi connectivity index (χ0) is 16.1. The summed E-state index contributed by atoms with van der Waals surface area (Å²) in [7, 11) is 0. The van der Waals surface area contributed by atoms with Gasteiger partial charge in [-0.15, -0.1) is 0 Å². The summed E-state index contributed by atoms with van der Waals surface area (Å²) in [6.07, 6.45) is 1.57. The van der Waals surface area contributed by atoms with Gasteiger partial charge in [0.15, 0.2) is 0 Å². The van der Waals surface area contributed by atoms with Crippen LogP contribution < -0.4 is 5.43 Å². The number of nitrogens with one attached hydrogen (secondary N) is 1. The summed E-state index contributed by atoms with van der Waals surface area (Å²) in [6.45, 7) is 0. The fourth-order valence-corrected chi connectivity index (χ4v) is 2.04. The van der Waals surface area contributed by atoms with Crippen LogP contribution in [0.2, 0.25) is 0 Å². The predicted molar refractivity (Wildman–Crippen MR) is 88.8 cm³/mol. The van der Waals surface area contributed by atoms with Crippen LogP contribution in [0, 0.1) is 0 Å². The molecule has 5 heteroatoms. The van der Waals surface area contributed by atoms with Crippen molar-refractivity contribution >= 4 is 17.9 Å². The first-order chi connectivity index (χ1) is 11.2. The molecule has 0 radical (unpaired) electrons. The Morgan fingerprint density at radius 2 is 1.74 bits per heavy atom. The van der Waals surface area contributed by atoms with Crippen LogP contribution in [0.1, 0.15) is 16.1 Å². The van der Waals surface area contributed by atoms with E-state index >= 15 is 0 Å². The Balaban J connectivity index is 1.64. The Kier molecular flexibility index (Phi) is 4.20. The van der Waals surface area contributed by atoms with E-state index in [-0.39, 0.29) is 5.56 Å². The third kappa shape index (κ3) is 3.65. The number of hydrogen-bond donors (Lipinski definition) is 2. The summed E-state index contributed by atoms with van der Waals surface area (Å²) in [6, 6.07) is 19.9. The van der Waals surface area contributed by atoms with Crippen LogP contribution in [0.4, 0.5) is 5.69 Å². The second-order valence-electron chi connectivity index (χ2n) is 4.82. The zero-order valence-electron chi connectivity index (χ0n) is 12.1. The fourth-order valence-electron chi connectivity index (χ4n) is 2.04. The van der Waals surface area contributed by atoms with Gasteiger partial charge in [-0.05, 0) is 36.4 Å². The van der Waals surface area contributed by atoms with Gasteiger partial charge >= 0.3 is 5.97 Å². The predicted octanol–water partition coefficient (Wildman–Crippen LogP) is 4.09. The number of rotatable bonds is 5. The maximum absolute atomic E-state index is 10.8. The minimum Gasteiger partial charge on any atom is -0.478 e. The van der Waals surface area contributed by atoms with Gasteiger partial charge in [-0.2, -0.15) is 5.10 Å². The van der Waals surface area contributed by atoms with E-state index in [9.17, 15) is 4.79 Å². The van der Waals surface area contributed by atoms with Gasteiger partial charge in [0.1, 0.15) is 11.5 Å². The minimum atomic E-state index is -0.955. The van der Waals surface area contributed by atoms with Crippen molar-refractivity contribution in [1.29, 1.82) is 0 Å². The highest BCUT2D eigenvalue weighted by atomic mass is 16.4. The molecule has 0 aliphatic rings. The molecule has 5 nitrogen and oxygen atoms in total. The van der Waals surface area contributed by atoms with Gasteiger partial charge in [-0.3, -0.25) is 5.43 Å². The summed E-state index contributed by atoms with van der Waals surface area (Å²) in [5, 5.41) is 12.9. The summed E-state index contributed by atoms with van der Waals surface area (Å²) in [4.78, 5) is 10.8. The fraction of sp³-hybridized carbons (Fsp3) is 0. The smallest absolute Gasteiger partial charge is 0.335 e. The Morgan fingerprint density at radius 3 is 2.43 bits per heavy atom. The topological polar surface area (TPSA) is 74.8 Å². The molecule has 114 valence electrons. The molecule has 1 heterocycles. The lowest BCUT2D eigenvalue weighted by Crippen LogP contribution is -1.96. The number of hydrazone groups is 1. The normalized spacial score (nSPS) is 10.8. The van der Waals surface area contributed by atoms with E-state index < -0.39 is 5.97 Å². The molecule has 0 amide bonds. The summed E-state index contributed by atoms with van der Waals surface area (Å²) in [5.41, 5.74) is 4.76. The average Bonchev–Trinajstić information content (AvgIpc) is 3.05. The SMILES string of the molecule is O=C(O)c1ccc(N/N=C/c2ccc(-c3ccccc3)o2)cc1. The minimum absolute atomic E-state index is 0.234. The highest BCUT2D eigenvalue weighted by molar-refractivity contribution is 5.88. The lowest BCUT2D eigenvalue weighted by Gasteiger charge is -2.00. The molecule has 0 fully saturated rings. The number of hydrogen-bond acceptors (Lipinski definition) is 4. The lowest BCUT2D eigenvalue weighted by molar-refractivity contribution is 0.0697. The average molecular weight is 306 g/mol. The largest absolute Gasteiger partial charge is 0.478 e. The van der Waals surface area contributed by atoms with Gasteiger partial charge in [-0.1, -0.05) is 30.3 Å². The molecule has 0 bridgehead atoms. The quantitative estimate of drug-likeness (QED) is 0.550. The van der Waals surface area contributed by atoms with Crippen LogP contribution in [0.5, 0.6) is 0 Å². The van der Waals surface area contributed by atoms with Gasteiger partial charge in [0.25, 0.3) is 0 Å². The monoisotopic (exact) mass is 306 g/mol. The van der Waals surface area contributed by atoms with Gasteiger partial charge in [0, 0.05) is 5.56 Å². The van der Waals surface area contributed by atoms with Crippen LogP contribution in [0.25, 0.3) is 11.3 Å². The second-order valence-corrected chi connectivity index (χ2v) is 4.82. The summed E-state index contributed by atoms with van der Waals surface area (Å²) in [5.74, 6) is 0.445. The number of furan rings is 1. The molecule has 2 N–H and O–H groups in total. The molecule has 3 rings (SSSR count). The highest BCUT2D eigenvalue weighted by Crippen LogP contribution is 2.20. The van der Waals surface area contributed by atoms with Crippen LogP contribution in [0.3, 0.4) is 0 Å². The summed E-state index contributed by atoms with van der Waals surface area (Å²) < 4.78 is 5.69. The molecular weight excluding hydrogens is 292 g/mol. The third-order valence-electron chi connectivity index (χ3n) is 3.20. The van der Waals surface area contributed by atoms with E-state index in [0.717, 1.165) is 11.3 Å². The number of carboxylic acid groups (broad SMARTS) is 1. The first-order valence-corrected chi connectivity index (χ1v) is 7.00. The summed E-state index contributed by atoms with van der Waals surface area (Å²) >= 11 is 0. The molecule has 23 heavy (non-hydrogen) atoms. The molecule has 0 atom stereocenters. The standard InChI is InChI=1S/C18H14N2O3/c21-18(22)14-6-8-15(9-7-14)20-19-12-16-10-11-17(23-16)13-4-2-1-3-5-13/h1-12,20H,(H,21,22)/b19-12+. The Morgan fingerprint density at radius 1 is 1.00 bits per heavy atom. The second kappa shape index (κ2) is 6.62. The van der Waals surface area contributed by atoms with Crippen molar-refractivity contribution in [2.75, 3.05) is 5.43 Å². The molecule has 0 spiro atoms. The van der Waals surface area contributed by atoms with E-state index in [4.69, 9.17) is 9.52 Å². The van der Waals surface area contributed by atoms with E-state index in [1.165, 1.54) is 12.1 Å². The van der Waals surface area contributed by atoms with E-state index in [2.05, 4.69) is 10.5 Å². The van der Waals surface area contributed by atoms with Crippen molar-refractivity contribution in [3.63, 3.8) is 0 Å². The van der Waals surface area contributed by atoms with Gasteiger partial charge in [0.05, 0.1) is 17.5 Å². The third-order valence-corrected chi connectivity index (χ3v) is 3.20. The van der Waals surface area contributed by atoms with Crippen LogP contribution >= 0.6 is 0 Å². The first-order valence-electron chi connectivity index (χ1n) is 7.00. The van der Waals surface area contributed by atoms with Crippen molar-refractivity contribution in [2.45, 2.75) is 0 Å². The van der Waals surface area contributed by atoms with Crippen molar-refractivity contribution in [1.82, 2.24) is 0 Å².